The monoisotopic (exact) mass is 250 g/mol. The Bertz CT molecular complexity index is 425. The number of methoxy groups -OCH3 is 1. The van der Waals surface area contributed by atoms with Gasteiger partial charge < -0.3 is 15.4 Å². The van der Waals surface area contributed by atoms with Gasteiger partial charge in [-0.15, -0.1) is 0 Å². The van der Waals surface area contributed by atoms with Crippen molar-refractivity contribution in [3.63, 3.8) is 0 Å². The number of likely N-dealkylation sites (N-methyl/N-ethyl adjacent to an activating group) is 1. The van der Waals surface area contributed by atoms with E-state index in [0.29, 0.717) is 0 Å². The molecule has 0 aliphatic carbocycles. The Kier molecular flexibility index (Phi) is 4.63. The Hall–Kier alpha value is -1.22. The summed E-state index contributed by atoms with van der Waals surface area (Å²) in [6.45, 7) is 11.6. The van der Waals surface area contributed by atoms with Crippen LogP contribution in [0.25, 0.3) is 0 Å². The molecule has 2 N–H and O–H groups in total. The Balaban J connectivity index is 3.20. The maximum atomic E-state index is 5.58. The minimum absolute atomic E-state index is 0.0194. The van der Waals surface area contributed by atoms with Gasteiger partial charge in [-0.3, -0.25) is 0 Å². The third kappa shape index (κ3) is 3.16. The van der Waals surface area contributed by atoms with Crippen molar-refractivity contribution < 1.29 is 4.74 Å². The van der Waals surface area contributed by atoms with E-state index in [9.17, 15) is 0 Å². The maximum Gasteiger partial charge on any atom is 0.145 e. The van der Waals surface area contributed by atoms with Crippen LogP contribution in [-0.4, -0.2) is 26.2 Å². The highest BCUT2D eigenvalue weighted by molar-refractivity contribution is 5.67. The van der Waals surface area contributed by atoms with Gasteiger partial charge in [-0.05, 0) is 58.4 Å². The van der Waals surface area contributed by atoms with Crippen LogP contribution in [-0.2, 0) is 0 Å². The highest BCUT2D eigenvalue weighted by Crippen LogP contribution is 2.35. The molecule has 0 fully saturated rings. The van der Waals surface area contributed by atoms with Gasteiger partial charge in [-0.25, -0.2) is 0 Å². The number of hydrogen-bond acceptors (Lipinski definition) is 3. The van der Waals surface area contributed by atoms with Gasteiger partial charge in [0.1, 0.15) is 5.75 Å². The molecule has 0 amide bonds. The summed E-state index contributed by atoms with van der Waals surface area (Å²) in [7, 11) is 3.70. The number of nitrogens with one attached hydrogen (secondary N) is 2. The Morgan fingerprint density at radius 1 is 1.17 bits per heavy atom. The lowest BCUT2D eigenvalue weighted by atomic mass is 9.99. The normalized spacial score (nSPS) is 11.5. The van der Waals surface area contributed by atoms with Gasteiger partial charge in [0.05, 0.1) is 12.8 Å². The van der Waals surface area contributed by atoms with Crippen LogP contribution in [0, 0.1) is 20.8 Å². The summed E-state index contributed by atoms with van der Waals surface area (Å²) in [6, 6.07) is 2.20. The molecule has 1 aromatic rings. The van der Waals surface area contributed by atoms with E-state index in [2.05, 4.69) is 51.3 Å². The fourth-order valence-corrected chi connectivity index (χ4v) is 2.29. The molecule has 0 spiro atoms. The zero-order valence-electron chi connectivity index (χ0n) is 12.7. The molecule has 0 aromatic heterocycles. The maximum absolute atomic E-state index is 5.58. The molecule has 1 rings (SSSR count). The van der Waals surface area contributed by atoms with Gasteiger partial charge in [0.25, 0.3) is 0 Å². The molecule has 0 unspecified atom stereocenters. The third-order valence-corrected chi connectivity index (χ3v) is 3.27. The topological polar surface area (TPSA) is 33.3 Å². The second-order valence-corrected chi connectivity index (χ2v) is 5.58. The molecule has 0 aliphatic rings. The molecular weight excluding hydrogens is 224 g/mol. The summed E-state index contributed by atoms with van der Waals surface area (Å²) in [5.41, 5.74) is 4.77. The molecule has 3 heteroatoms. The Labute approximate surface area is 111 Å². The van der Waals surface area contributed by atoms with Crippen LogP contribution in [0.15, 0.2) is 6.07 Å². The summed E-state index contributed by atoms with van der Waals surface area (Å²) in [5.74, 6) is 0.955. The average Bonchev–Trinajstić information content (AvgIpc) is 2.26. The van der Waals surface area contributed by atoms with Crippen molar-refractivity contribution in [2.75, 3.05) is 26.0 Å². The van der Waals surface area contributed by atoms with Crippen LogP contribution < -0.4 is 15.4 Å². The molecule has 0 aliphatic heterocycles. The summed E-state index contributed by atoms with van der Waals surface area (Å²) < 4.78 is 5.58. The van der Waals surface area contributed by atoms with Gasteiger partial charge in [-0.2, -0.15) is 0 Å². The lowest BCUT2D eigenvalue weighted by Crippen LogP contribution is -2.41. The first-order chi connectivity index (χ1) is 8.32. The predicted octanol–water partition coefficient (Wildman–Crippen LogP) is 3.03. The second kappa shape index (κ2) is 5.61. The fraction of sp³-hybridized carbons (Fsp3) is 0.600. The van der Waals surface area contributed by atoms with Crippen molar-refractivity contribution in [1.29, 1.82) is 0 Å². The van der Waals surface area contributed by atoms with Crippen LogP contribution in [0.2, 0.25) is 0 Å². The SMILES string of the molecule is CNCC(C)(C)Nc1c(C)cc(C)c(C)c1OC. The molecule has 18 heavy (non-hydrogen) atoms. The fourth-order valence-electron chi connectivity index (χ4n) is 2.29. The molecule has 0 bridgehead atoms. The van der Waals surface area contributed by atoms with Gasteiger partial charge in [0, 0.05) is 12.1 Å². The molecule has 102 valence electrons. The van der Waals surface area contributed by atoms with Crippen molar-refractivity contribution in [1.82, 2.24) is 5.32 Å². The van der Waals surface area contributed by atoms with E-state index < -0.39 is 0 Å². The quantitative estimate of drug-likeness (QED) is 0.842. The summed E-state index contributed by atoms with van der Waals surface area (Å²) in [6.07, 6.45) is 0. The van der Waals surface area contributed by atoms with Gasteiger partial charge in [0.2, 0.25) is 0 Å². The van der Waals surface area contributed by atoms with E-state index in [-0.39, 0.29) is 5.54 Å². The Morgan fingerprint density at radius 3 is 2.28 bits per heavy atom. The minimum Gasteiger partial charge on any atom is -0.494 e. The van der Waals surface area contributed by atoms with Crippen molar-refractivity contribution in [2.24, 2.45) is 0 Å². The number of ether oxygens (including phenoxy) is 1. The summed E-state index contributed by atoms with van der Waals surface area (Å²) in [4.78, 5) is 0. The molecule has 3 nitrogen and oxygen atoms in total. The molecule has 1 aromatic carbocycles. The standard InChI is InChI=1S/C15H26N2O/c1-10-8-11(2)13(14(18-7)12(10)3)17-15(4,5)9-16-6/h8,16-17H,9H2,1-7H3. The summed E-state index contributed by atoms with van der Waals surface area (Å²) in [5, 5.41) is 6.80. The van der Waals surface area contributed by atoms with Gasteiger partial charge >= 0.3 is 0 Å². The highest BCUT2D eigenvalue weighted by Gasteiger charge is 2.21. The molecule has 0 heterocycles. The van der Waals surface area contributed by atoms with Gasteiger partial charge in [-0.1, -0.05) is 6.07 Å². The van der Waals surface area contributed by atoms with E-state index in [1.54, 1.807) is 7.11 Å². The molecule has 0 radical (unpaired) electrons. The first-order valence-electron chi connectivity index (χ1n) is 6.40. The predicted molar refractivity (Wildman–Crippen MR) is 78.8 cm³/mol. The largest absolute Gasteiger partial charge is 0.494 e. The van der Waals surface area contributed by atoms with Crippen LogP contribution in [0.1, 0.15) is 30.5 Å². The zero-order chi connectivity index (χ0) is 13.9. The molecule has 0 saturated heterocycles. The number of rotatable bonds is 5. The van der Waals surface area contributed by atoms with Crippen molar-refractivity contribution in [3.8, 4) is 5.75 Å². The highest BCUT2D eigenvalue weighted by atomic mass is 16.5. The molecule has 0 atom stereocenters. The van der Waals surface area contributed by atoms with E-state index in [1.807, 2.05) is 7.05 Å². The first-order valence-corrected chi connectivity index (χ1v) is 6.40. The number of benzene rings is 1. The average molecular weight is 250 g/mol. The third-order valence-electron chi connectivity index (χ3n) is 3.27. The first kappa shape index (κ1) is 14.8. The smallest absolute Gasteiger partial charge is 0.145 e. The van der Waals surface area contributed by atoms with Crippen molar-refractivity contribution in [3.05, 3.63) is 22.8 Å². The lowest BCUT2D eigenvalue weighted by Gasteiger charge is -2.30. The van der Waals surface area contributed by atoms with E-state index in [4.69, 9.17) is 4.74 Å². The number of hydrogen-bond donors (Lipinski definition) is 2. The van der Waals surface area contributed by atoms with Crippen LogP contribution >= 0.6 is 0 Å². The van der Waals surface area contributed by atoms with E-state index in [0.717, 1.165) is 18.0 Å². The van der Waals surface area contributed by atoms with E-state index in [1.165, 1.54) is 16.7 Å². The number of aryl methyl sites for hydroxylation is 2. The van der Waals surface area contributed by atoms with Crippen LogP contribution in [0.4, 0.5) is 5.69 Å². The lowest BCUT2D eigenvalue weighted by molar-refractivity contribution is 0.410. The summed E-state index contributed by atoms with van der Waals surface area (Å²) >= 11 is 0. The van der Waals surface area contributed by atoms with Crippen LogP contribution in [0.5, 0.6) is 5.75 Å². The van der Waals surface area contributed by atoms with Gasteiger partial charge in [0.15, 0.2) is 0 Å². The molecule has 0 saturated carbocycles. The Morgan fingerprint density at radius 2 is 1.78 bits per heavy atom. The minimum atomic E-state index is -0.0194. The second-order valence-electron chi connectivity index (χ2n) is 5.58. The van der Waals surface area contributed by atoms with Crippen molar-refractivity contribution in [2.45, 2.75) is 40.2 Å². The van der Waals surface area contributed by atoms with Crippen LogP contribution in [0.3, 0.4) is 0 Å². The van der Waals surface area contributed by atoms with Crippen molar-refractivity contribution >= 4 is 5.69 Å². The molecular formula is C15H26N2O. The van der Waals surface area contributed by atoms with E-state index >= 15 is 0 Å². The number of anilines is 1. The zero-order valence-corrected chi connectivity index (χ0v) is 12.7.